The maximum atomic E-state index is 12.3. The van der Waals surface area contributed by atoms with E-state index in [9.17, 15) is 9.59 Å². The Bertz CT molecular complexity index is 451. The fourth-order valence-corrected chi connectivity index (χ4v) is 2.22. The third-order valence-electron chi connectivity index (χ3n) is 3.24. The van der Waals surface area contributed by atoms with E-state index in [4.69, 9.17) is 4.74 Å². The largest absolute Gasteiger partial charge is 0.465 e. The lowest BCUT2D eigenvalue weighted by Crippen LogP contribution is -2.24. The molecule has 0 aliphatic rings. The summed E-state index contributed by atoms with van der Waals surface area (Å²) in [4.78, 5) is 24.0. The summed E-state index contributed by atoms with van der Waals surface area (Å²) in [6.07, 6.45) is 3.66. The minimum Gasteiger partial charge on any atom is -0.465 e. The third kappa shape index (κ3) is 4.37. The van der Waals surface area contributed by atoms with Gasteiger partial charge in [0.1, 0.15) is 0 Å². The van der Waals surface area contributed by atoms with E-state index >= 15 is 0 Å². The van der Waals surface area contributed by atoms with Crippen molar-refractivity contribution in [2.75, 3.05) is 12.4 Å². The smallest absolute Gasteiger partial charge is 0.339 e. The number of rotatable bonds is 7. The molecule has 0 aliphatic carbocycles. The predicted molar refractivity (Wildman–Crippen MR) is 79.7 cm³/mol. The Hall–Kier alpha value is -1.84. The number of methoxy groups -OCH3 is 1. The minimum atomic E-state index is -0.441. The van der Waals surface area contributed by atoms with E-state index in [0.29, 0.717) is 11.3 Å². The van der Waals surface area contributed by atoms with Gasteiger partial charge in [0.05, 0.1) is 18.4 Å². The molecule has 0 spiro atoms. The van der Waals surface area contributed by atoms with Gasteiger partial charge in [-0.25, -0.2) is 4.79 Å². The van der Waals surface area contributed by atoms with Gasteiger partial charge in [0.15, 0.2) is 0 Å². The van der Waals surface area contributed by atoms with Gasteiger partial charge in [0.25, 0.3) is 0 Å². The normalized spacial score (nSPS) is 10.4. The molecule has 0 aliphatic heterocycles. The summed E-state index contributed by atoms with van der Waals surface area (Å²) >= 11 is 0. The van der Waals surface area contributed by atoms with Crippen LogP contribution in [-0.4, -0.2) is 19.0 Å². The van der Waals surface area contributed by atoms with Crippen molar-refractivity contribution in [3.63, 3.8) is 0 Å². The zero-order valence-corrected chi connectivity index (χ0v) is 12.4. The molecule has 0 bridgehead atoms. The summed E-state index contributed by atoms with van der Waals surface area (Å²) in [7, 11) is 1.33. The molecule has 1 amide bonds. The first-order chi connectivity index (χ1) is 9.63. The first-order valence-electron chi connectivity index (χ1n) is 7.12. The highest BCUT2D eigenvalue weighted by Gasteiger charge is 2.19. The van der Waals surface area contributed by atoms with Gasteiger partial charge in [-0.15, -0.1) is 0 Å². The molecule has 0 saturated heterocycles. The second-order valence-corrected chi connectivity index (χ2v) is 4.80. The Morgan fingerprint density at radius 1 is 1.15 bits per heavy atom. The number of nitrogens with one attached hydrogen (secondary N) is 1. The molecular weight excluding hydrogens is 254 g/mol. The molecule has 0 saturated carbocycles. The molecule has 0 radical (unpaired) electrons. The molecule has 20 heavy (non-hydrogen) atoms. The van der Waals surface area contributed by atoms with Gasteiger partial charge in [0.2, 0.25) is 5.91 Å². The maximum Gasteiger partial charge on any atom is 0.339 e. The lowest BCUT2D eigenvalue weighted by Gasteiger charge is -2.16. The number of amides is 1. The fourth-order valence-electron chi connectivity index (χ4n) is 2.22. The van der Waals surface area contributed by atoms with Crippen molar-refractivity contribution in [2.45, 2.75) is 39.5 Å². The molecule has 0 heterocycles. The highest BCUT2D eigenvalue weighted by atomic mass is 16.5. The maximum absolute atomic E-state index is 12.3. The molecule has 110 valence electrons. The van der Waals surface area contributed by atoms with E-state index in [-0.39, 0.29) is 11.8 Å². The summed E-state index contributed by atoms with van der Waals surface area (Å²) in [6, 6.07) is 6.91. The second kappa shape index (κ2) is 8.35. The van der Waals surface area contributed by atoms with Crippen molar-refractivity contribution in [1.82, 2.24) is 0 Å². The van der Waals surface area contributed by atoms with Crippen LogP contribution in [0.1, 0.15) is 49.9 Å². The number of carbonyl (C=O) groups excluding carboxylic acids is 2. The number of hydrogen-bond donors (Lipinski definition) is 1. The van der Waals surface area contributed by atoms with Crippen LogP contribution >= 0.6 is 0 Å². The number of ether oxygens (including phenoxy) is 1. The van der Waals surface area contributed by atoms with Crippen LogP contribution in [0.15, 0.2) is 24.3 Å². The summed E-state index contributed by atoms with van der Waals surface area (Å²) in [5.74, 6) is -0.468. The predicted octanol–water partition coefficient (Wildman–Crippen LogP) is 3.63. The van der Waals surface area contributed by atoms with Crippen LogP contribution in [0.25, 0.3) is 0 Å². The molecule has 1 N–H and O–H groups in total. The first kappa shape index (κ1) is 16.2. The Morgan fingerprint density at radius 3 is 2.30 bits per heavy atom. The molecule has 1 aromatic rings. The van der Waals surface area contributed by atoms with Crippen LogP contribution in [-0.2, 0) is 9.53 Å². The van der Waals surface area contributed by atoms with Gasteiger partial charge >= 0.3 is 5.97 Å². The van der Waals surface area contributed by atoms with Gasteiger partial charge in [-0.3, -0.25) is 4.79 Å². The van der Waals surface area contributed by atoms with Crippen LogP contribution in [0.3, 0.4) is 0 Å². The van der Waals surface area contributed by atoms with Crippen LogP contribution in [0.4, 0.5) is 5.69 Å². The molecule has 1 aromatic carbocycles. The Morgan fingerprint density at radius 2 is 1.75 bits per heavy atom. The van der Waals surface area contributed by atoms with Crippen molar-refractivity contribution in [1.29, 1.82) is 0 Å². The number of benzene rings is 1. The van der Waals surface area contributed by atoms with E-state index < -0.39 is 5.97 Å². The Kier molecular flexibility index (Phi) is 6.77. The van der Waals surface area contributed by atoms with E-state index in [1.807, 2.05) is 0 Å². The molecule has 0 fully saturated rings. The fraction of sp³-hybridized carbons (Fsp3) is 0.500. The van der Waals surface area contributed by atoms with Crippen molar-refractivity contribution in [2.24, 2.45) is 5.92 Å². The molecular formula is C16H23NO3. The average molecular weight is 277 g/mol. The van der Waals surface area contributed by atoms with Gasteiger partial charge in [-0.05, 0) is 25.0 Å². The molecule has 0 unspecified atom stereocenters. The van der Waals surface area contributed by atoms with E-state index in [1.54, 1.807) is 24.3 Å². The summed E-state index contributed by atoms with van der Waals surface area (Å²) in [5.41, 5.74) is 0.900. The third-order valence-corrected chi connectivity index (χ3v) is 3.24. The number of esters is 1. The Labute approximate surface area is 120 Å². The highest BCUT2D eigenvalue weighted by molar-refractivity contribution is 6.01. The SMILES string of the molecule is CCCC(CCC)C(=O)Nc1ccccc1C(=O)OC. The quantitative estimate of drug-likeness (QED) is 0.774. The number of para-hydroxylation sites is 1. The second-order valence-electron chi connectivity index (χ2n) is 4.80. The lowest BCUT2D eigenvalue weighted by molar-refractivity contribution is -0.120. The van der Waals surface area contributed by atoms with E-state index in [0.717, 1.165) is 25.7 Å². The van der Waals surface area contributed by atoms with Gasteiger partial charge in [-0.1, -0.05) is 38.8 Å². The van der Waals surface area contributed by atoms with Gasteiger partial charge < -0.3 is 10.1 Å². The van der Waals surface area contributed by atoms with Crippen molar-refractivity contribution < 1.29 is 14.3 Å². The first-order valence-corrected chi connectivity index (χ1v) is 7.12. The number of hydrogen-bond acceptors (Lipinski definition) is 3. The van der Waals surface area contributed by atoms with Crippen LogP contribution in [0.5, 0.6) is 0 Å². The minimum absolute atomic E-state index is 0.00398. The van der Waals surface area contributed by atoms with Crippen molar-refractivity contribution in [3.05, 3.63) is 29.8 Å². The topological polar surface area (TPSA) is 55.4 Å². The summed E-state index contributed by atoms with van der Waals surface area (Å²) in [5, 5.41) is 2.86. The van der Waals surface area contributed by atoms with E-state index in [1.165, 1.54) is 7.11 Å². The van der Waals surface area contributed by atoms with Crippen LogP contribution in [0, 0.1) is 5.92 Å². The zero-order valence-electron chi connectivity index (χ0n) is 12.4. The highest BCUT2D eigenvalue weighted by Crippen LogP contribution is 2.20. The number of carbonyl (C=O) groups is 2. The molecule has 4 heteroatoms. The average Bonchev–Trinajstić information content (AvgIpc) is 2.46. The van der Waals surface area contributed by atoms with Crippen LogP contribution < -0.4 is 5.32 Å². The van der Waals surface area contributed by atoms with Crippen LogP contribution in [0.2, 0.25) is 0 Å². The zero-order chi connectivity index (χ0) is 15.0. The monoisotopic (exact) mass is 277 g/mol. The molecule has 4 nitrogen and oxygen atoms in total. The van der Waals surface area contributed by atoms with Gasteiger partial charge in [0, 0.05) is 5.92 Å². The number of anilines is 1. The summed E-state index contributed by atoms with van der Waals surface area (Å²) < 4.78 is 4.72. The van der Waals surface area contributed by atoms with Gasteiger partial charge in [-0.2, -0.15) is 0 Å². The Balaban J connectivity index is 2.86. The molecule has 0 atom stereocenters. The summed E-state index contributed by atoms with van der Waals surface area (Å²) in [6.45, 7) is 4.14. The van der Waals surface area contributed by atoms with Crippen molar-refractivity contribution >= 4 is 17.6 Å². The molecule has 0 aromatic heterocycles. The van der Waals surface area contributed by atoms with Crippen molar-refractivity contribution in [3.8, 4) is 0 Å². The van der Waals surface area contributed by atoms with E-state index in [2.05, 4.69) is 19.2 Å². The standard InChI is InChI=1S/C16H23NO3/c1-4-8-12(9-5-2)15(18)17-14-11-7-6-10-13(14)16(19)20-3/h6-7,10-12H,4-5,8-9H2,1-3H3,(H,17,18). The molecule has 1 rings (SSSR count). The lowest BCUT2D eigenvalue weighted by atomic mass is 9.97.